The number of nitrogens with one attached hydrogen (secondary N) is 1. The number of carbonyl (C=O) groups excluding carboxylic acids is 2. The monoisotopic (exact) mass is 389 g/mol. The molecule has 0 unspecified atom stereocenters. The van der Waals surface area contributed by atoms with Crippen molar-refractivity contribution in [2.45, 2.75) is 32.2 Å². The first kappa shape index (κ1) is 18.9. The Kier molecular flexibility index (Phi) is 5.37. The van der Waals surface area contributed by atoms with Gasteiger partial charge in [0.2, 0.25) is 5.91 Å². The highest BCUT2D eigenvalue weighted by atomic mass is 16.2. The van der Waals surface area contributed by atoms with E-state index in [2.05, 4.69) is 15.4 Å². The third-order valence-corrected chi connectivity index (χ3v) is 5.19. The standard InChI is InChI=1S/C22H23N5O2/c1-16(17-5-11-20(12-6-17)27-15-23-14-24-27)25-22(29)18-7-9-19(10-8-18)26-13-3-2-4-21(26)28/h5-12,14-16H,2-4,13H2,1H3,(H,25,29)/t16-/m1/s1. The number of hydrogen-bond acceptors (Lipinski definition) is 4. The molecule has 4 rings (SSSR count). The lowest BCUT2D eigenvalue weighted by Crippen LogP contribution is -2.35. The van der Waals surface area contributed by atoms with Gasteiger partial charge in [0.1, 0.15) is 12.7 Å². The van der Waals surface area contributed by atoms with Gasteiger partial charge in [0, 0.05) is 24.2 Å². The summed E-state index contributed by atoms with van der Waals surface area (Å²) in [5, 5.41) is 7.13. The van der Waals surface area contributed by atoms with E-state index >= 15 is 0 Å². The zero-order valence-electron chi connectivity index (χ0n) is 16.3. The average molecular weight is 389 g/mol. The lowest BCUT2D eigenvalue weighted by atomic mass is 10.1. The van der Waals surface area contributed by atoms with Crippen LogP contribution in [0, 0.1) is 0 Å². The smallest absolute Gasteiger partial charge is 0.251 e. The molecule has 0 spiro atoms. The van der Waals surface area contributed by atoms with Crippen LogP contribution in [0.25, 0.3) is 5.69 Å². The molecule has 1 atom stereocenters. The average Bonchev–Trinajstić information content (AvgIpc) is 3.29. The molecule has 29 heavy (non-hydrogen) atoms. The summed E-state index contributed by atoms with van der Waals surface area (Å²) < 4.78 is 1.68. The van der Waals surface area contributed by atoms with Crippen molar-refractivity contribution in [3.63, 3.8) is 0 Å². The number of benzene rings is 2. The molecule has 0 bridgehead atoms. The first-order chi connectivity index (χ1) is 14.1. The zero-order chi connectivity index (χ0) is 20.2. The van der Waals surface area contributed by atoms with Crippen molar-refractivity contribution in [3.05, 3.63) is 72.3 Å². The number of anilines is 1. The fourth-order valence-electron chi connectivity index (χ4n) is 3.49. The Morgan fingerprint density at radius 1 is 1.03 bits per heavy atom. The quantitative estimate of drug-likeness (QED) is 0.726. The van der Waals surface area contributed by atoms with Crippen molar-refractivity contribution < 1.29 is 9.59 Å². The SMILES string of the molecule is C[C@@H](NC(=O)c1ccc(N2CCCCC2=O)cc1)c1ccc(-n2cncn2)cc1. The van der Waals surface area contributed by atoms with Crippen LogP contribution in [0.5, 0.6) is 0 Å². The summed E-state index contributed by atoms with van der Waals surface area (Å²) in [4.78, 5) is 30.4. The van der Waals surface area contributed by atoms with Crippen molar-refractivity contribution in [2.24, 2.45) is 0 Å². The van der Waals surface area contributed by atoms with E-state index in [0.717, 1.165) is 36.3 Å². The lowest BCUT2D eigenvalue weighted by Gasteiger charge is -2.26. The number of nitrogens with zero attached hydrogens (tertiary/aromatic N) is 4. The Morgan fingerprint density at radius 2 is 1.76 bits per heavy atom. The molecule has 1 N–H and O–H groups in total. The first-order valence-electron chi connectivity index (χ1n) is 9.78. The topological polar surface area (TPSA) is 80.1 Å². The van der Waals surface area contributed by atoms with Gasteiger partial charge in [-0.25, -0.2) is 9.67 Å². The maximum atomic E-state index is 12.6. The minimum Gasteiger partial charge on any atom is -0.346 e. The van der Waals surface area contributed by atoms with E-state index in [9.17, 15) is 9.59 Å². The first-order valence-corrected chi connectivity index (χ1v) is 9.78. The van der Waals surface area contributed by atoms with E-state index in [-0.39, 0.29) is 17.9 Å². The van der Waals surface area contributed by atoms with Gasteiger partial charge in [0.25, 0.3) is 5.91 Å². The van der Waals surface area contributed by atoms with Crippen LogP contribution in [0.3, 0.4) is 0 Å². The predicted molar refractivity (Wildman–Crippen MR) is 110 cm³/mol. The molecule has 1 aliphatic rings. The molecule has 1 aliphatic heterocycles. The molecule has 148 valence electrons. The third-order valence-electron chi connectivity index (χ3n) is 5.19. The van der Waals surface area contributed by atoms with Crippen LogP contribution in [0.4, 0.5) is 5.69 Å². The molecule has 2 aromatic carbocycles. The van der Waals surface area contributed by atoms with Crippen molar-refractivity contribution in [2.75, 3.05) is 11.4 Å². The Balaban J connectivity index is 1.40. The third kappa shape index (κ3) is 4.18. The summed E-state index contributed by atoms with van der Waals surface area (Å²) in [6.45, 7) is 2.69. The Bertz CT molecular complexity index is 981. The number of amides is 2. The van der Waals surface area contributed by atoms with Crippen LogP contribution in [0.15, 0.2) is 61.2 Å². The van der Waals surface area contributed by atoms with Gasteiger partial charge in [-0.1, -0.05) is 12.1 Å². The largest absolute Gasteiger partial charge is 0.346 e. The summed E-state index contributed by atoms with van der Waals surface area (Å²) in [7, 11) is 0. The minimum absolute atomic E-state index is 0.143. The van der Waals surface area contributed by atoms with Crippen molar-refractivity contribution in [1.29, 1.82) is 0 Å². The maximum Gasteiger partial charge on any atom is 0.251 e. The van der Waals surface area contributed by atoms with Gasteiger partial charge in [-0.05, 0) is 61.7 Å². The molecule has 2 amide bonds. The summed E-state index contributed by atoms with van der Waals surface area (Å²) in [6, 6.07) is 14.9. The van der Waals surface area contributed by atoms with Crippen LogP contribution >= 0.6 is 0 Å². The summed E-state index contributed by atoms with van der Waals surface area (Å²) in [6.07, 6.45) is 5.69. The normalized spacial score (nSPS) is 15.2. The molecule has 7 heteroatoms. The number of hydrogen-bond donors (Lipinski definition) is 1. The van der Waals surface area contributed by atoms with Gasteiger partial charge >= 0.3 is 0 Å². The Morgan fingerprint density at radius 3 is 2.41 bits per heavy atom. The Labute approximate surface area is 169 Å². The molecule has 7 nitrogen and oxygen atoms in total. The second-order valence-corrected chi connectivity index (χ2v) is 7.18. The molecule has 0 aliphatic carbocycles. The predicted octanol–water partition coefficient (Wildman–Crippen LogP) is 3.28. The summed E-state index contributed by atoms with van der Waals surface area (Å²) in [5.74, 6) is 0.00536. The summed E-state index contributed by atoms with van der Waals surface area (Å²) >= 11 is 0. The van der Waals surface area contributed by atoms with Crippen molar-refractivity contribution in [1.82, 2.24) is 20.1 Å². The van der Waals surface area contributed by atoms with E-state index in [1.165, 1.54) is 6.33 Å². The van der Waals surface area contributed by atoms with Crippen LogP contribution in [-0.2, 0) is 4.79 Å². The molecule has 2 heterocycles. The molecular weight excluding hydrogens is 366 g/mol. The highest BCUT2D eigenvalue weighted by molar-refractivity contribution is 5.97. The van der Waals surface area contributed by atoms with Crippen molar-refractivity contribution in [3.8, 4) is 5.69 Å². The second-order valence-electron chi connectivity index (χ2n) is 7.18. The number of rotatable bonds is 5. The van der Waals surface area contributed by atoms with Gasteiger partial charge in [0.05, 0.1) is 11.7 Å². The van der Waals surface area contributed by atoms with Gasteiger partial charge in [-0.15, -0.1) is 0 Å². The van der Waals surface area contributed by atoms with Crippen LogP contribution in [0.1, 0.15) is 48.1 Å². The fourth-order valence-corrected chi connectivity index (χ4v) is 3.49. The van der Waals surface area contributed by atoms with Gasteiger partial charge < -0.3 is 10.2 Å². The van der Waals surface area contributed by atoms with E-state index in [4.69, 9.17) is 0 Å². The van der Waals surface area contributed by atoms with Crippen molar-refractivity contribution >= 4 is 17.5 Å². The maximum absolute atomic E-state index is 12.6. The molecular formula is C22H23N5O2. The van der Waals surface area contributed by atoms with Crippen LogP contribution < -0.4 is 10.2 Å². The lowest BCUT2D eigenvalue weighted by molar-refractivity contribution is -0.119. The van der Waals surface area contributed by atoms with Crippen LogP contribution in [-0.4, -0.2) is 33.1 Å². The molecule has 0 radical (unpaired) electrons. The minimum atomic E-state index is -0.144. The van der Waals surface area contributed by atoms with E-state index in [1.807, 2.05) is 43.3 Å². The summed E-state index contributed by atoms with van der Waals surface area (Å²) in [5.41, 5.74) is 3.33. The molecule has 1 saturated heterocycles. The zero-order valence-corrected chi connectivity index (χ0v) is 16.3. The Hall–Kier alpha value is -3.48. The number of aromatic nitrogens is 3. The van der Waals surface area contributed by atoms with Gasteiger partial charge in [0.15, 0.2) is 0 Å². The number of carbonyl (C=O) groups is 2. The molecule has 1 fully saturated rings. The van der Waals surface area contributed by atoms with Gasteiger partial charge in [-0.3, -0.25) is 9.59 Å². The van der Waals surface area contributed by atoms with E-state index in [0.29, 0.717) is 12.0 Å². The van der Waals surface area contributed by atoms with Gasteiger partial charge in [-0.2, -0.15) is 5.10 Å². The van der Waals surface area contributed by atoms with Crippen LogP contribution in [0.2, 0.25) is 0 Å². The van der Waals surface area contributed by atoms with E-state index < -0.39 is 0 Å². The molecule has 0 saturated carbocycles. The highest BCUT2D eigenvalue weighted by Gasteiger charge is 2.20. The fraction of sp³-hybridized carbons (Fsp3) is 0.273. The number of piperidine rings is 1. The molecule has 3 aromatic rings. The van der Waals surface area contributed by atoms with E-state index in [1.54, 1.807) is 28.0 Å². The highest BCUT2D eigenvalue weighted by Crippen LogP contribution is 2.22. The molecule has 1 aromatic heterocycles. The second kappa shape index (κ2) is 8.26.